The van der Waals surface area contributed by atoms with Gasteiger partial charge in [0.05, 0.1) is 6.42 Å². The molecular weight excluding hydrogens is 296 g/mol. The molecule has 1 rings (SSSR count). The quantitative estimate of drug-likeness (QED) is 0.369. The largest absolute Gasteiger partial charge is 0.481 e. The summed E-state index contributed by atoms with van der Waals surface area (Å²) in [5.74, 6) is -1.53. The lowest BCUT2D eigenvalue weighted by Crippen LogP contribution is -2.46. The van der Waals surface area contributed by atoms with Crippen molar-refractivity contribution in [1.82, 2.24) is 0 Å². The van der Waals surface area contributed by atoms with Crippen LogP contribution in [0.3, 0.4) is 0 Å². The fourth-order valence-corrected chi connectivity index (χ4v) is 2.79. The molecule has 0 aliphatic carbocycles. The average molecular weight is 326 g/mol. The molecule has 0 bridgehead atoms. The molecule has 0 saturated carbocycles. The summed E-state index contributed by atoms with van der Waals surface area (Å²) < 4.78 is 5.54. The third-order valence-electron chi connectivity index (χ3n) is 4.21. The summed E-state index contributed by atoms with van der Waals surface area (Å²) in [6.45, 7) is 3.98. The molecule has 0 aromatic rings. The smallest absolute Gasteiger partial charge is 0.306 e. The second kappa shape index (κ2) is 10.6. The van der Waals surface area contributed by atoms with Crippen molar-refractivity contribution in [2.24, 2.45) is 5.92 Å². The van der Waals surface area contributed by atoms with Gasteiger partial charge in [-0.3, -0.25) is 4.79 Å². The molecule has 0 aromatic carbocycles. The van der Waals surface area contributed by atoms with Crippen molar-refractivity contribution < 1.29 is 24.4 Å². The molecule has 0 aromatic heterocycles. The highest BCUT2D eigenvalue weighted by molar-refractivity contribution is 5.67. The summed E-state index contributed by atoms with van der Waals surface area (Å²) in [4.78, 5) is 21.6. The van der Waals surface area contributed by atoms with Gasteiger partial charge in [-0.2, -0.15) is 0 Å². The van der Waals surface area contributed by atoms with Gasteiger partial charge in [0.2, 0.25) is 5.79 Å². The molecule has 1 aliphatic rings. The molecule has 1 saturated heterocycles. The Bertz CT molecular complexity index is 404. The van der Waals surface area contributed by atoms with Gasteiger partial charge in [-0.05, 0) is 32.1 Å². The van der Waals surface area contributed by atoms with E-state index < -0.39 is 17.9 Å². The molecule has 23 heavy (non-hydrogen) atoms. The number of methoxy groups -OCH3 is 1. The SMILES string of the molecule is C/C=C/C=C/CCCCC[C@]1(OC)C[C@H](C)[C@H](CC(=O)O)OO1. The van der Waals surface area contributed by atoms with Crippen molar-refractivity contribution in [3.05, 3.63) is 24.3 Å². The maximum Gasteiger partial charge on any atom is 0.306 e. The minimum Gasteiger partial charge on any atom is -0.481 e. The van der Waals surface area contributed by atoms with E-state index in [4.69, 9.17) is 19.6 Å². The number of aliphatic carboxylic acids is 1. The van der Waals surface area contributed by atoms with Gasteiger partial charge in [0.15, 0.2) is 0 Å². The molecule has 3 atom stereocenters. The van der Waals surface area contributed by atoms with E-state index in [1.54, 1.807) is 7.11 Å². The van der Waals surface area contributed by atoms with Crippen molar-refractivity contribution in [3.63, 3.8) is 0 Å². The third-order valence-corrected chi connectivity index (χ3v) is 4.21. The summed E-state index contributed by atoms with van der Waals surface area (Å²) in [6, 6.07) is 0. The van der Waals surface area contributed by atoms with E-state index in [0.717, 1.165) is 32.1 Å². The van der Waals surface area contributed by atoms with Crippen LogP contribution in [-0.4, -0.2) is 30.1 Å². The number of hydrogen-bond acceptors (Lipinski definition) is 4. The molecule has 5 heteroatoms. The van der Waals surface area contributed by atoms with Crippen LogP contribution in [0.5, 0.6) is 0 Å². The zero-order chi connectivity index (χ0) is 17.1. The first-order valence-corrected chi connectivity index (χ1v) is 8.42. The van der Waals surface area contributed by atoms with Crippen LogP contribution in [0, 0.1) is 5.92 Å². The normalized spacial score (nSPS) is 28.7. The van der Waals surface area contributed by atoms with Crippen LogP contribution in [0.2, 0.25) is 0 Å². The van der Waals surface area contributed by atoms with E-state index in [0.29, 0.717) is 6.42 Å². The van der Waals surface area contributed by atoms with E-state index in [1.807, 2.05) is 26.0 Å². The average Bonchev–Trinajstić information content (AvgIpc) is 2.52. The standard InChI is InChI=1S/C18H30O5/c1-4-5-6-7-8-9-10-11-12-18(21-3)14-15(2)16(22-23-18)13-17(19)20/h4-7,15-16H,8-14H2,1-3H3,(H,19,20)/b5-4+,7-6+/t15-,16-,18+/m0/s1. The van der Waals surface area contributed by atoms with Crippen molar-refractivity contribution in [2.45, 2.75) is 70.7 Å². The topological polar surface area (TPSA) is 65.0 Å². The Morgan fingerprint density at radius 3 is 2.74 bits per heavy atom. The van der Waals surface area contributed by atoms with E-state index >= 15 is 0 Å². The van der Waals surface area contributed by atoms with Gasteiger partial charge in [-0.15, -0.1) is 0 Å². The van der Waals surface area contributed by atoms with Crippen LogP contribution in [0.25, 0.3) is 0 Å². The first-order chi connectivity index (χ1) is 11.0. The van der Waals surface area contributed by atoms with Crippen molar-refractivity contribution in [3.8, 4) is 0 Å². The molecule has 132 valence electrons. The van der Waals surface area contributed by atoms with Crippen LogP contribution in [0.4, 0.5) is 0 Å². The van der Waals surface area contributed by atoms with E-state index in [9.17, 15) is 4.79 Å². The second-order valence-corrected chi connectivity index (χ2v) is 6.17. The Morgan fingerprint density at radius 1 is 1.35 bits per heavy atom. The molecule has 0 unspecified atom stereocenters. The summed E-state index contributed by atoms with van der Waals surface area (Å²) in [6.07, 6.45) is 13.5. The highest BCUT2D eigenvalue weighted by atomic mass is 17.2. The molecule has 5 nitrogen and oxygen atoms in total. The number of unbranched alkanes of at least 4 members (excludes halogenated alkanes) is 3. The van der Waals surface area contributed by atoms with Crippen molar-refractivity contribution in [2.75, 3.05) is 7.11 Å². The minimum atomic E-state index is -0.874. The molecule has 1 fully saturated rings. The zero-order valence-corrected chi connectivity index (χ0v) is 14.5. The van der Waals surface area contributed by atoms with Gasteiger partial charge in [0.25, 0.3) is 0 Å². The van der Waals surface area contributed by atoms with Gasteiger partial charge in [0.1, 0.15) is 6.10 Å². The monoisotopic (exact) mass is 326 g/mol. The lowest BCUT2D eigenvalue weighted by molar-refractivity contribution is -0.475. The van der Waals surface area contributed by atoms with E-state index in [1.165, 1.54) is 0 Å². The van der Waals surface area contributed by atoms with Gasteiger partial charge >= 0.3 is 5.97 Å². The maximum atomic E-state index is 10.8. The first kappa shape index (κ1) is 19.9. The third kappa shape index (κ3) is 7.29. The molecule has 1 heterocycles. The Balaban J connectivity index is 2.31. The number of hydrogen-bond donors (Lipinski definition) is 1. The lowest BCUT2D eigenvalue weighted by atomic mass is 9.90. The number of allylic oxidation sites excluding steroid dienone is 4. The van der Waals surface area contributed by atoms with Crippen molar-refractivity contribution in [1.29, 1.82) is 0 Å². The Labute approximate surface area is 139 Å². The summed E-state index contributed by atoms with van der Waals surface area (Å²) in [5.41, 5.74) is 0. The number of carboxylic acids is 1. The van der Waals surface area contributed by atoms with E-state index in [-0.39, 0.29) is 12.3 Å². The first-order valence-electron chi connectivity index (χ1n) is 8.42. The Morgan fingerprint density at radius 2 is 2.13 bits per heavy atom. The van der Waals surface area contributed by atoms with Gasteiger partial charge < -0.3 is 9.84 Å². The number of rotatable bonds is 10. The second-order valence-electron chi connectivity index (χ2n) is 6.17. The van der Waals surface area contributed by atoms with E-state index in [2.05, 4.69) is 12.2 Å². The fraction of sp³-hybridized carbons (Fsp3) is 0.722. The molecule has 0 amide bonds. The summed E-state index contributed by atoms with van der Waals surface area (Å²) >= 11 is 0. The summed E-state index contributed by atoms with van der Waals surface area (Å²) in [7, 11) is 1.62. The highest BCUT2D eigenvalue weighted by Gasteiger charge is 2.42. The minimum absolute atomic E-state index is 0.0422. The molecule has 0 radical (unpaired) electrons. The fourth-order valence-electron chi connectivity index (χ4n) is 2.79. The number of carboxylic acid groups (broad SMARTS) is 1. The Hall–Kier alpha value is -1.17. The predicted octanol–water partition coefficient (Wildman–Crippen LogP) is 4.24. The van der Waals surface area contributed by atoms with Gasteiger partial charge in [-0.1, -0.05) is 37.6 Å². The van der Waals surface area contributed by atoms with Crippen LogP contribution >= 0.6 is 0 Å². The predicted molar refractivity (Wildman–Crippen MR) is 88.8 cm³/mol. The highest BCUT2D eigenvalue weighted by Crippen LogP contribution is 2.36. The molecule has 0 spiro atoms. The van der Waals surface area contributed by atoms with Crippen LogP contribution < -0.4 is 0 Å². The van der Waals surface area contributed by atoms with Crippen molar-refractivity contribution >= 4 is 5.97 Å². The van der Waals surface area contributed by atoms with Crippen LogP contribution in [0.15, 0.2) is 24.3 Å². The van der Waals surface area contributed by atoms with Crippen LogP contribution in [-0.2, 0) is 19.3 Å². The number of ether oxygens (including phenoxy) is 1. The number of carbonyl (C=O) groups is 1. The molecule has 1 N–H and O–H groups in total. The summed E-state index contributed by atoms with van der Waals surface area (Å²) in [5, 5.41) is 8.87. The lowest BCUT2D eigenvalue weighted by Gasteiger charge is -2.40. The Kier molecular flexibility index (Phi) is 9.14. The maximum absolute atomic E-state index is 10.8. The molecule has 1 aliphatic heterocycles. The van der Waals surface area contributed by atoms with Crippen LogP contribution in [0.1, 0.15) is 58.8 Å². The molecular formula is C18H30O5. The zero-order valence-electron chi connectivity index (χ0n) is 14.5. The van der Waals surface area contributed by atoms with Gasteiger partial charge in [0, 0.05) is 20.0 Å². The van der Waals surface area contributed by atoms with Gasteiger partial charge in [-0.25, -0.2) is 9.78 Å².